The van der Waals surface area contributed by atoms with Gasteiger partial charge in [-0.3, -0.25) is 10.1 Å². The number of nitrogens with two attached hydrogens (primary N) is 1. The van der Waals surface area contributed by atoms with Crippen molar-refractivity contribution in [2.24, 2.45) is 0 Å². The highest BCUT2D eigenvalue weighted by Gasteiger charge is 2.31. The van der Waals surface area contributed by atoms with Crippen LogP contribution in [-0.2, 0) is 14.8 Å². The van der Waals surface area contributed by atoms with Crippen LogP contribution in [0.3, 0.4) is 0 Å². The molecule has 1 rings (SSSR count). The predicted octanol–water partition coefficient (Wildman–Crippen LogP) is 1.02. The van der Waals surface area contributed by atoms with Gasteiger partial charge in [-0.05, 0) is 13.8 Å². The summed E-state index contributed by atoms with van der Waals surface area (Å²) in [6, 6.07) is 1.30. The van der Waals surface area contributed by atoms with Gasteiger partial charge in [-0.25, -0.2) is 17.5 Å². The number of sulfonamides is 1. The first-order valence-electron chi connectivity index (χ1n) is 5.76. The third-order valence-electron chi connectivity index (χ3n) is 2.45. The van der Waals surface area contributed by atoms with Crippen LogP contribution in [0.2, 0.25) is 0 Å². The highest BCUT2D eigenvalue weighted by Crippen LogP contribution is 2.28. The van der Waals surface area contributed by atoms with Crippen molar-refractivity contribution in [3.05, 3.63) is 28.1 Å². The lowest BCUT2D eigenvalue weighted by molar-refractivity contribution is -0.385. The Morgan fingerprint density at radius 1 is 1.48 bits per heavy atom. The van der Waals surface area contributed by atoms with Gasteiger partial charge >= 0.3 is 0 Å². The van der Waals surface area contributed by atoms with Crippen LogP contribution in [0.1, 0.15) is 13.8 Å². The molecule has 0 aliphatic carbocycles. The molecule has 0 saturated heterocycles. The van der Waals surface area contributed by atoms with E-state index in [0.717, 1.165) is 6.07 Å². The molecule has 1 aromatic carbocycles. The van der Waals surface area contributed by atoms with E-state index in [0.29, 0.717) is 6.07 Å². The van der Waals surface area contributed by atoms with E-state index in [1.165, 1.54) is 21.0 Å². The number of benzene rings is 1. The zero-order valence-electron chi connectivity index (χ0n) is 11.7. The second-order valence-electron chi connectivity index (χ2n) is 5.03. The summed E-state index contributed by atoms with van der Waals surface area (Å²) in [5.41, 5.74) is 3.27. The second-order valence-corrected chi connectivity index (χ2v) is 6.64. The largest absolute Gasteiger partial charge is 0.397 e. The van der Waals surface area contributed by atoms with Gasteiger partial charge in [0.25, 0.3) is 5.69 Å². The average molecular weight is 321 g/mol. The number of halogens is 1. The van der Waals surface area contributed by atoms with Gasteiger partial charge in [0.05, 0.1) is 28.8 Å². The standard InChI is InChI=1S/C11H16FN3O5S/c1-11(2,6-20-3)14-21(18,19)10-8(12)4-7(15(16)17)5-9(10)13/h4-5,14H,6,13H2,1-3H3. The summed E-state index contributed by atoms with van der Waals surface area (Å²) in [4.78, 5) is 8.90. The van der Waals surface area contributed by atoms with E-state index >= 15 is 0 Å². The summed E-state index contributed by atoms with van der Waals surface area (Å²) in [7, 11) is -2.91. The number of nitro benzene ring substituents is 1. The van der Waals surface area contributed by atoms with Gasteiger partial charge < -0.3 is 10.5 Å². The third-order valence-corrected chi connectivity index (χ3v) is 4.24. The normalized spacial score (nSPS) is 12.4. The van der Waals surface area contributed by atoms with Crippen molar-refractivity contribution in [3.63, 3.8) is 0 Å². The summed E-state index contributed by atoms with van der Waals surface area (Å²) in [6.07, 6.45) is 0. The number of methoxy groups -OCH3 is 1. The molecule has 118 valence electrons. The van der Waals surface area contributed by atoms with Gasteiger partial charge in [-0.15, -0.1) is 0 Å². The Bertz CT molecular complexity index is 637. The molecule has 0 heterocycles. The Morgan fingerprint density at radius 3 is 2.48 bits per heavy atom. The molecule has 8 nitrogen and oxygen atoms in total. The quantitative estimate of drug-likeness (QED) is 0.458. The topological polar surface area (TPSA) is 125 Å². The third kappa shape index (κ3) is 4.09. The second kappa shape index (κ2) is 5.92. The summed E-state index contributed by atoms with van der Waals surface area (Å²) in [5.74, 6) is -1.29. The van der Waals surface area contributed by atoms with E-state index in [-0.39, 0.29) is 6.61 Å². The molecule has 0 aliphatic heterocycles. The molecule has 21 heavy (non-hydrogen) atoms. The van der Waals surface area contributed by atoms with Crippen molar-refractivity contribution in [1.29, 1.82) is 0 Å². The SMILES string of the molecule is COCC(C)(C)NS(=O)(=O)c1c(N)cc([N+](=O)[O-])cc1F. The van der Waals surface area contributed by atoms with Crippen molar-refractivity contribution < 1.29 is 22.5 Å². The van der Waals surface area contributed by atoms with Crippen LogP contribution < -0.4 is 10.5 Å². The van der Waals surface area contributed by atoms with Crippen LogP contribution in [-0.4, -0.2) is 32.6 Å². The Hall–Kier alpha value is -1.78. The minimum absolute atomic E-state index is 0.0424. The Labute approximate surface area is 121 Å². The molecule has 0 bridgehead atoms. The smallest absolute Gasteiger partial charge is 0.274 e. The van der Waals surface area contributed by atoms with E-state index < -0.39 is 42.6 Å². The van der Waals surface area contributed by atoms with Crippen molar-refractivity contribution >= 4 is 21.4 Å². The monoisotopic (exact) mass is 321 g/mol. The Kier molecular flexibility index (Phi) is 4.87. The number of nitrogens with zero attached hydrogens (tertiary/aromatic N) is 1. The molecule has 10 heteroatoms. The van der Waals surface area contributed by atoms with Crippen molar-refractivity contribution in [2.45, 2.75) is 24.3 Å². The maximum Gasteiger partial charge on any atom is 0.274 e. The number of ether oxygens (including phenoxy) is 1. The Balaban J connectivity index is 3.30. The average Bonchev–Trinajstić information content (AvgIpc) is 2.24. The molecule has 0 amide bonds. The number of non-ortho nitro benzene ring substituents is 1. The lowest BCUT2D eigenvalue weighted by atomic mass is 10.1. The van der Waals surface area contributed by atoms with Crippen molar-refractivity contribution in [2.75, 3.05) is 19.5 Å². The molecule has 0 aliphatic rings. The maximum atomic E-state index is 13.9. The fraction of sp³-hybridized carbons (Fsp3) is 0.455. The van der Waals surface area contributed by atoms with Crippen molar-refractivity contribution in [1.82, 2.24) is 4.72 Å². The minimum atomic E-state index is -4.30. The van der Waals surface area contributed by atoms with E-state index in [4.69, 9.17) is 10.5 Å². The van der Waals surface area contributed by atoms with Crippen LogP contribution in [0.15, 0.2) is 17.0 Å². The van der Waals surface area contributed by atoms with E-state index in [2.05, 4.69) is 4.72 Å². The summed E-state index contributed by atoms with van der Waals surface area (Å²) in [5, 5.41) is 10.6. The molecule has 0 spiro atoms. The van der Waals surface area contributed by atoms with Crippen LogP contribution in [0, 0.1) is 15.9 Å². The first-order chi connectivity index (χ1) is 9.50. The van der Waals surface area contributed by atoms with Crippen molar-refractivity contribution in [3.8, 4) is 0 Å². The number of hydrogen-bond donors (Lipinski definition) is 2. The van der Waals surface area contributed by atoms with E-state index in [1.54, 1.807) is 0 Å². The number of nitro groups is 1. The van der Waals surface area contributed by atoms with Crippen LogP contribution in [0.25, 0.3) is 0 Å². The first kappa shape index (κ1) is 17.3. The number of rotatable bonds is 6. The van der Waals surface area contributed by atoms with Crippen LogP contribution >= 0.6 is 0 Å². The van der Waals surface area contributed by atoms with E-state index in [9.17, 15) is 22.9 Å². The van der Waals surface area contributed by atoms with Gasteiger partial charge in [-0.2, -0.15) is 0 Å². The molecule has 0 fully saturated rings. The van der Waals surface area contributed by atoms with Crippen LogP contribution in [0.5, 0.6) is 0 Å². The van der Waals surface area contributed by atoms with Crippen LogP contribution in [0.4, 0.5) is 15.8 Å². The molecule has 1 aromatic rings. The molecule has 0 radical (unpaired) electrons. The molecular formula is C11H16FN3O5S. The van der Waals surface area contributed by atoms with Gasteiger partial charge in [0.15, 0.2) is 5.82 Å². The fourth-order valence-electron chi connectivity index (χ4n) is 1.79. The molecule has 0 aromatic heterocycles. The maximum absolute atomic E-state index is 13.9. The highest BCUT2D eigenvalue weighted by atomic mass is 32.2. The Morgan fingerprint density at radius 2 is 2.05 bits per heavy atom. The predicted molar refractivity (Wildman–Crippen MR) is 73.7 cm³/mol. The molecular weight excluding hydrogens is 305 g/mol. The fourth-order valence-corrected chi connectivity index (χ4v) is 3.37. The number of hydrogen-bond acceptors (Lipinski definition) is 6. The molecule has 0 saturated carbocycles. The lowest BCUT2D eigenvalue weighted by Gasteiger charge is -2.25. The van der Waals surface area contributed by atoms with Gasteiger partial charge in [-0.1, -0.05) is 0 Å². The zero-order chi connectivity index (χ0) is 16.4. The first-order valence-corrected chi connectivity index (χ1v) is 7.25. The number of nitrogen functional groups attached to an aromatic ring is 1. The molecule has 0 atom stereocenters. The van der Waals surface area contributed by atoms with Gasteiger partial charge in [0.1, 0.15) is 4.90 Å². The summed E-state index contributed by atoms with van der Waals surface area (Å²) < 4.78 is 45.4. The minimum Gasteiger partial charge on any atom is -0.397 e. The zero-order valence-corrected chi connectivity index (χ0v) is 12.5. The molecule has 3 N–H and O–H groups in total. The van der Waals surface area contributed by atoms with E-state index in [1.807, 2.05) is 0 Å². The number of anilines is 1. The van der Waals surface area contributed by atoms with Gasteiger partial charge in [0, 0.05) is 13.2 Å². The number of nitrogens with one attached hydrogen (secondary N) is 1. The lowest BCUT2D eigenvalue weighted by Crippen LogP contribution is -2.47. The highest BCUT2D eigenvalue weighted by molar-refractivity contribution is 7.89. The van der Waals surface area contributed by atoms with Gasteiger partial charge in [0.2, 0.25) is 10.0 Å². The summed E-state index contributed by atoms with van der Waals surface area (Å²) >= 11 is 0. The summed E-state index contributed by atoms with van der Waals surface area (Å²) in [6.45, 7) is 3.11. The molecule has 0 unspecified atom stereocenters.